The Morgan fingerprint density at radius 2 is 1.94 bits per heavy atom. The molecule has 1 aromatic carbocycles. The smallest absolute Gasteiger partial charge is 0.194 e. The second kappa shape index (κ2) is 6.64. The lowest BCUT2D eigenvalue weighted by Crippen LogP contribution is -2.39. The summed E-state index contributed by atoms with van der Waals surface area (Å²) in [4.78, 5) is 7.02. The van der Waals surface area contributed by atoms with Gasteiger partial charge in [0.05, 0.1) is 6.54 Å². The third-order valence-corrected chi connectivity index (χ3v) is 3.32. The average Bonchev–Trinajstić information content (AvgIpc) is 2.90. The monoisotopic (exact) mass is 265 g/mol. The lowest BCUT2D eigenvalue weighted by Gasteiger charge is -2.20. The van der Waals surface area contributed by atoms with Crippen molar-refractivity contribution in [2.75, 3.05) is 19.6 Å². The van der Waals surface area contributed by atoms with Crippen molar-refractivity contribution in [3.8, 4) is 0 Å². The number of benzene rings is 1. The van der Waals surface area contributed by atoms with Crippen molar-refractivity contribution in [2.45, 2.75) is 26.3 Å². The number of halogens is 1. The number of nitrogens with one attached hydrogen (secondary N) is 1. The van der Waals surface area contributed by atoms with Gasteiger partial charge in [-0.05, 0) is 37.5 Å². The molecule has 1 aliphatic heterocycles. The molecular formula is C14H20ClN3. The van der Waals surface area contributed by atoms with Gasteiger partial charge in [-0.1, -0.05) is 23.7 Å². The van der Waals surface area contributed by atoms with Crippen LogP contribution in [0, 0.1) is 0 Å². The molecule has 0 radical (unpaired) electrons. The first kappa shape index (κ1) is 13.2. The molecule has 0 unspecified atom stereocenters. The van der Waals surface area contributed by atoms with E-state index in [1.165, 1.54) is 18.4 Å². The summed E-state index contributed by atoms with van der Waals surface area (Å²) >= 11 is 5.87. The fraction of sp³-hybridized carbons (Fsp3) is 0.500. The van der Waals surface area contributed by atoms with Crippen LogP contribution < -0.4 is 5.32 Å². The summed E-state index contributed by atoms with van der Waals surface area (Å²) in [5, 5.41) is 4.13. The standard InChI is InChI=1S/C14H20ClN3/c1-2-16-14(18-9-3-4-10-18)17-11-12-5-7-13(15)8-6-12/h5-8H,2-4,9-11H2,1H3,(H,16,17). The first-order chi connectivity index (χ1) is 8.79. The highest BCUT2D eigenvalue weighted by Crippen LogP contribution is 2.11. The van der Waals surface area contributed by atoms with Gasteiger partial charge in [-0.3, -0.25) is 0 Å². The van der Waals surface area contributed by atoms with E-state index >= 15 is 0 Å². The molecule has 18 heavy (non-hydrogen) atoms. The zero-order chi connectivity index (χ0) is 12.8. The molecule has 0 aliphatic carbocycles. The molecule has 4 heteroatoms. The summed E-state index contributed by atoms with van der Waals surface area (Å²) < 4.78 is 0. The minimum absolute atomic E-state index is 0.704. The van der Waals surface area contributed by atoms with Gasteiger partial charge in [-0.15, -0.1) is 0 Å². The Balaban J connectivity index is 2.00. The minimum atomic E-state index is 0.704. The Morgan fingerprint density at radius 1 is 1.28 bits per heavy atom. The van der Waals surface area contributed by atoms with E-state index in [1.54, 1.807) is 0 Å². The van der Waals surface area contributed by atoms with E-state index in [-0.39, 0.29) is 0 Å². The maximum atomic E-state index is 5.87. The van der Waals surface area contributed by atoms with Crippen molar-refractivity contribution in [3.05, 3.63) is 34.9 Å². The molecule has 3 nitrogen and oxygen atoms in total. The number of hydrogen-bond donors (Lipinski definition) is 1. The molecule has 1 heterocycles. The van der Waals surface area contributed by atoms with Gasteiger partial charge in [0.15, 0.2) is 5.96 Å². The second-order valence-electron chi connectivity index (χ2n) is 4.49. The first-order valence-electron chi connectivity index (χ1n) is 6.57. The van der Waals surface area contributed by atoms with Gasteiger partial charge in [0.1, 0.15) is 0 Å². The molecule has 2 rings (SSSR count). The van der Waals surface area contributed by atoms with Crippen LogP contribution in [0.2, 0.25) is 5.02 Å². The molecule has 1 aromatic rings. The predicted molar refractivity (Wildman–Crippen MR) is 77.1 cm³/mol. The first-order valence-corrected chi connectivity index (χ1v) is 6.95. The Kier molecular flexibility index (Phi) is 4.88. The topological polar surface area (TPSA) is 27.6 Å². The summed E-state index contributed by atoms with van der Waals surface area (Å²) in [6.45, 7) is 5.96. The van der Waals surface area contributed by atoms with Crippen molar-refractivity contribution < 1.29 is 0 Å². The average molecular weight is 266 g/mol. The summed E-state index contributed by atoms with van der Waals surface area (Å²) in [7, 11) is 0. The number of guanidine groups is 1. The Morgan fingerprint density at radius 3 is 2.56 bits per heavy atom. The van der Waals surface area contributed by atoms with Crippen LogP contribution in [0.3, 0.4) is 0 Å². The molecule has 0 spiro atoms. The zero-order valence-electron chi connectivity index (χ0n) is 10.8. The van der Waals surface area contributed by atoms with Crippen molar-refractivity contribution in [1.82, 2.24) is 10.2 Å². The van der Waals surface area contributed by atoms with Crippen molar-refractivity contribution >= 4 is 17.6 Å². The van der Waals surface area contributed by atoms with Gasteiger partial charge in [-0.2, -0.15) is 0 Å². The molecule has 1 fully saturated rings. The van der Waals surface area contributed by atoms with Crippen LogP contribution in [0.15, 0.2) is 29.3 Å². The normalized spacial score (nSPS) is 16.1. The molecule has 0 aromatic heterocycles. The van der Waals surface area contributed by atoms with E-state index in [4.69, 9.17) is 11.6 Å². The number of rotatable bonds is 3. The minimum Gasteiger partial charge on any atom is -0.357 e. The predicted octanol–water partition coefficient (Wildman–Crippen LogP) is 2.90. The van der Waals surface area contributed by atoms with Crippen LogP contribution in [-0.4, -0.2) is 30.5 Å². The molecule has 1 saturated heterocycles. The second-order valence-corrected chi connectivity index (χ2v) is 4.93. The van der Waals surface area contributed by atoms with Crippen molar-refractivity contribution in [3.63, 3.8) is 0 Å². The highest BCUT2D eigenvalue weighted by atomic mass is 35.5. The van der Waals surface area contributed by atoms with Crippen LogP contribution in [0.25, 0.3) is 0 Å². The number of nitrogens with zero attached hydrogens (tertiary/aromatic N) is 2. The largest absolute Gasteiger partial charge is 0.357 e. The molecule has 0 bridgehead atoms. The maximum Gasteiger partial charge on any atom is 0.194 e. The Hall–Kier alpha value is -1.22. The van der Waals surface area contributed by atoms with Gasteiger partial charge in [0.2, 0.25) is 0 Å². The molecule has 0 saturated carbocycles. The molecular weight excluding hydrogens is 246 g/mol. The molecule has 98 valence electrons. The van der Waals surface area contributed by atoms with Gasteiger partial charge < -0.3 is 10.2 Å². The molecule has 1 aliphatic rings. The number of likely N-dealkylation sites (tertiary alicyclic amines) is 1. The molecule has 0 atom stereocenters. The van der Waals surface area contributed by atoms with E-state index in [0.717, 1.165) is 30.6 Å². The fourth-order valence-corrected chi connectivity index (χ4v) is 2.24. The maximum absolute atomic E-state index is 5.87. The molecule has 0 amide bonds. The van der Waals surface area contributed by atoms with Crippen molar-refractivity contribution in [1.29, 1.82) is 0 Å². The van der Waals surface area contributed by atoms with Gasteiger partial charge in [0, 0.05) is 24.7 Å². The molecule has 1 N–H and O–H groups in total. The highest BCUT2D eigenvalue weighted by Gasteiger charge is 2.15. The Bertz CT molecular complexity index is 394. The van der Waals surface area contributed by atoms with E-state index in [9.17, 15) is 0 Å². The van der Waals surface area contributed by atoms with Crippen LogP contribution in [0.4, 0.5) is 0 Å². The van der Waals surface area contributed by atoms with E-state index in [1.807, 2.05) is 24.3 Å². The summed E-state index contributed by atoms with van der Waals surface area (Å²) in [5.74, 6) is 1.03. The van der Waals surface area contributed by atoms with Crippen LogP contribution in [-0.2, 0) is 6.54 Å². The highest BCUT2D eigenvalue weighted by molar-refractivity contribution is 6.30. The summed E-state index contributed by atoms with van der Waals surface area (Å²) in [6, 6.07) is 7.88. The van der Waals surface area contributed by atoms with Crippen LogP contribution >= 0.6 is 11.6 Å². The van der Waals surface area contributed by atoms with E-state index in [2.05, 4.69) is 22.1 Å². The van der Waals surface area contributed by atoms with E-state index < -0.39 is 0 Å². The quantitative estimate of drug-likeness (QED) is 0.672. The third kappa shape index (κ3) is 3.64. The number of aliphatic imine (C=N–C) groups is 1. The van der Waals surface area contributed by atoms with Gasteiger partial charge >= 0.3 is 0 Å². The van der Waals surface area contributed by atoms with E-state index in [0.29, 0.717) is 6.54 Å². The summed E-state index contributed by atoms with van der Waals surface area (Å²) in [6.07, 6.45) is 2.54. The summed E-state index contributed by atoms with van der Waals surface area (Å²) in [5.41, 5.74) is 1.19. The zero-order valence-corrected chi connectivity index (χ0v) is 11.6. The van der Waals surface area contributed by atoms with Gasteiger partial charge in [-0.25, -0.2) is 4.99 Å². The van der Waals surface area contributed by atoms with Crippen LogP contribution in [0.1, 0.15) is 25.3 Å². The number of hydrogen-bond acceptors (Lipinski definition) is 1. The van der Waals surface area contributed by atoms with Crippen molar-refractivity contribution in [2.24, 2.45) is 4.99 Å². The van der Waals surface area contributed by atoms with Gasteiger partial charge in [0.25, 0.3) is 0 Å². The fourth-order valence-electron chi connectivity index (χ4n) is 2.11. The third-order valence-electron chi connectivity index (χ3n) is 3.07. The lowest BCUT2D eigenvalue weighted by molar-refractivity contribution is 0.493. The van der Waals surface area contributed by atoms with Crippen LogP contribution in [0.5, 0.6) is 0 Å². The SMILES string of the molecule is CCNC(=NCc1ccc(Cl)cc1)N1CCCC1. The Labute approximate surface area is 114 Å². The lowest BCUT2D eigenvalue weighted by atomic mass is 10.2.